The number of carbonyl (C=O) groups excluding carboxylic acids is 1. The predicted molar refractivity (Wildman–Crippen MR) is 97.8 cm³/mol. The summed E-state index contributed by atoms with van der Waals surface area (Å²) in [6.45, 7) is 3.84. The maximum Gasteiger partial charge on any atom is 0.139 e. The molecule has 3 nitrogen and oxygen atoms in total. The van der Waals surface area contributed by atoms with Gasteiger partial charge in [-0.15, -0.1) is 0 Å². The van der Waals surface area contributed by atoms with Crippen LogP contribution in [0.1, 0.15) is 32.6 Å². The predicted octanol–water partition coefficient (Wildman–Crippen LogP) is 5.06. The van der Waals surface area contributed by atoms with Crippen LogP contribution in [0.3, 0.4) is 0 Å². The first-order valence-corrected chi connectivity index (χ1v) is 8.87. The van der Waals surface area contributed by atoms with E-state index in [-0.39, 0.29) is 5.92 Å². The molecule has 0 aliphatic carbocycles. The summed E-state index contributed by atoms with van der Waals surface area (Å²) in [5.74, 6) is 2.30. The van der Waals surface area contributed by atoms with Crippen LogP contribution < -0.4 is 9.64 Å². The maximum absolute atomic E-state index is 12.1. The van der Waals surface area contributed by atoms with E-state index >= 15 is 0 Å². The molecule has 1 aliphatic heterocycles. The standard InChI is InChI=1S/C21H25NO2/c1-2-3-7-17-16-22(15-14-21(17)23)18-10-12-20(13-11-18)24-19-8-5-4-6-9-19/h4-6,8-13,17H,2-3,7,14-16H2,1H3. The van der Waals surface area contributed by atoms with Gasteiger partial charge in [0.1, 0.15) is 17.3 Å². The molecular weight excluding hydrogens is 298 g/mol. The Morgan fingerprint density at radius 3 is 2.46 bits per heavy atom. The van der Waals surface area contributed by atoms with Crippen molar-refractivity contribution in [2.75, 3.05) is 18.0 Å². The van der Waals surface area contributed by atoms with Crippen LogP contribution in [0, 0.1) is 5.92 Å². The van der Waals surface area contributed by atoms with E-state index in [0.717, 1.165) is 43.9 Å². The highest BCUT2D eigenvalue weighted by atomic mass is 16.5. The fourth-order valence-corrected chi connectivity index (χ4v) is 3.20. The lowest BCUT2D eigenvalue weighted by Crippen LogP contribution is -2.40. The summed E-state index contributed by atoms with van der Waals surface area (Å²) < 4.78 is 5.84. The van der Waals surface area contributed by atoms with Gasteiger partial charge < -0.3 is 9.64 Å². The molecule has 1 aliphatic rings. The molecular formula is C21H25NO2. The van der Waals surface area contributed by atoms with Crippen LogP contribution in [-0.4, -0.2) is 18.9 Å². The SMILES string of the molecule is CCCCC1CN(c2ccc(Oc3ccccc3)cc2)CCC1=O. The Labute approximate surface area is 144 Å². The van der Waals surface area contributed by atoms with Crippen LogP contribution in [0.25, 0.3) is 0 Å². The average Bonchev–Trinajstić information content (AvgIpc) is 2.63. The Hall–Kier alpha value is -2.29. The van der Waals surface area contributed by atoms with Gasteiger partial charge in [-0.05, 0) is 42.8 Å². The first kappa shape index (κ1) is 16.6. The third-order valence-corrected chi connectivity index (χ3v) is 4.61. The molecule has 24 heavy (non-hydrogen) atoms. The van der Waals surface area contributed by atoms with Gasteiger partial charge in [-0.2, -0.15) is 0 Å². The van der Waals surface area contributed by atoms with E-state index in [1.165, 1.54) is 5.69 Å². The van der Waals surface area contributed by atoms with Gasteiger partial charge in [0.25, 0.3) is 0 Å². The van der Waals surface area contributed by atoms with Crippen LogP contribution in [-0.2, 0) is 4.79 Å². The number of nitrogens with zero attached hydrogens (tertiary/aromatic N) is 1. The summed E-state index contributed by atoms with van der Waals surface area (Å²) in [4.78, 5) is 14.4. The first-order valence-electron chi connectivity index (χ1n) is 8.87. The highest BCUT2D eigenvalue weighted by Crippen LogP contribution is 2.27. The van der Waals surface area contributed by atoms with Crippen molar-refractivity contribution in [2.45, 2.75) is 32.6 Å². The van der Waals surface area contributed by atoms with Gasteiger partial charge in [0.05, 0.1) is 0 Å². The maximum atomic E-state index is 12.1. The summed E-state index contributed by atoms with van der Waals surface area (Å²) in [7, 11) is 0. The number of para-hydroxylation sites is 1. The van der Waals surface area contributed by atoms with Crippen LogP contribution in [0.4, 0.5) is 5.69 Å². The third-order valence-electron chi connectivity index (χ3n) is 4.61. The number of piperidine rings is 1. The van der Waals surface area contributed by atoms with Crippen LogP contribution in [0.2, 0.25) is 0 Å². The summed E-state index contributed by atoms with van der Waals surface area (Å²) >= 11 is 0. The van der Waals surface area contributed by atoms with E-state index in [2.05, 4.69) is 24.0 Å². The molecule has 126 valence electrons. The molecule has 0 N–H and O–H groups in total. The fourth-order valence-electron chi connectivity index (χ4n) is 3.20. The van der Waals surface area contributed by atoms with Crippen molar-refractivity contribution in [1.29, 1.82) is 0 Å². The zero-order valence-corrected chi connectivity index (χ0v) is 14.3. The smallest absolute Gasteiger partial charge is 0.139 e. The van der Waals surface area contributed by atoms with E-state index in [1.807, 2.05) is 42.5 Å². The molecule has 3 rings (SSSR count). The zero-order chi connectivity index (χ0) is 16.8. The molecule has 0 amide bonds. The minimum absolute atomic E-state index is 0.193. The fraction of sp³-hybridized carbons (Fsp3) is 0.381. The van der Waals surface area contributed by atoms with Crippen LogP contribution >= 0.6 is 0 Å². The normalized spacial score (nSPS) is 17.8. The van der Waals surface area contributed by atoms with E-state index in [1.54, 1.807) is 0 Å². The minimum atomic E-state index is 0.193. The molecule has 0 radical (unpaired) electrons. The molecule has 1 fully saturated rings. The lowest BCUT2D eigenvalue weighted by atomic mass is 9.91. The summed E-state index contributed by atoms with van der Waals surface area (Å²) in [5.41, 5.74) is 1.17. The summed E-state index contributed by atoms with van der Waals surface area (Å²) in [6, 6.07) is 18.0. The Bertz CT molecular complexity index is 651. The van der Waals surface area contributed by atoms with Crippen molar-refractivity contribution in [2.24, 2.45) is 5.92 Å². The van der Waals surface area contributed by atoms with Gasteiger partial charge in [-0.25, -0.2) is 0 Å². The number of benzene rings is 2. The van der Waals surface area contributed by atoms with Crippen molar-refractivity contribution in [1.82, 2.24) is 0 Å². The molecule has 0 spiro atoms. The van der Waals surface area contributed by atoms with Crippen molar-refractivity contribution in [3.63, 3.8) is 0 Å². The van der Waals surface area contributed by atoms with E-state index in [9.17, 15) is 4.79 Å². The summed E-state index contributed by atoms with van der Waals surface area (Å²) in [5, 5.41) is 0. The number of rotatable bonds is 6. The number of hydrogen-bond acceptors (Lipinski definition) is 3. The number of ketones is 1. The Morgan fingerprint density at radius 2 is 1.75 bits per heavy atom. The van der Waals surface area contributed by atoms with Gasteiger partial charge in [-0.1, -0.05) is 38.0 Å². The highest BCUT2D eigenvalue weighted by molar-refractivity contribution is 5.83. The molecule has 0 aromatic heterocycles. The molecule has 1 saturated heterocycles. The number of hydrogen-bond donors (Lipinski definition) is 0. The first-order chi connectivity index (χ1) is 11.8. The third kappa shape index (κ3) is 4.16. The Balaban J connectivity index is 1.63. The number of ether oxygens (including phenoxy) is 1. The van der Waals surface area contributed by atoms with Gasteiger partial charge in [0.2, 0.25) is 0 Å². The molecule has 1 atom stereocenters. The average molecular weight is 323 g/mol. The minimum Gasteiger partial charge on any atom is -0.457 e. The molecule has 2 aromatic carbocycles. The lowest BCUT2D eigenvalue weighted by molar-refractivity contribution is -0.123. The van der Waals surface area contributed by atoms with E-state index in [0.29, 0.717) is 12.2 Å². The topological polar surface area (TPSA) is 29.5 Å². The molecule has 0 saturated carbocycles. The van der Waals surface area contributed by atoms with Gasteiger partial charge in [-0.3, -0.25) is 4.79 Å². The quantitative estimate of drug-likeness (QED) is 0.744. The van der Waals surface area contributed by atoms with E-state index in [4.69, 9.17) is 4.74 Å². The molecule has 1 heterocycles. The van der Waals surface area contributed by atoms with Crippen molar-refractivity contribution in [3.8, 4) is 11.5 Å². The second-order valence-corrected chi connectivity index (χ2v) is 6.41. The number of anilines is 1. The van der Waals surface area contributed by atoms with Crippen LogP contribution in [0.15, 0.2) is 54.6 Å². The largest absolute Gasteiger partial charge is 0.457 e. The molecule has 0 bridgehead atoms. The second-order valence-electron chi connectivity index (χ2n) is 6.41. The lowest BCUT2D eigenvalue weighted by Gasteiger charge is -2.33. The van der Waals surface area contributed by atoms with Gasteiger partial charge >= 0.3 is 0 Å². The Kier molecular flexibility index (Phi) is 5.52. The zero-order valence-electron chi connectivity index (χ0n) is 14.3. The molecule has 3 heteroatoms. The highest BCUT2D eigenvalue weighted by Gasteiger charge is 2.26. The van der Waals surface area contributed by atoms with Gasteiger partial charge in [0.15, 0.2) is 0 Å². The molecule has 1 unspecified atom stereocenters. The Morgan fingerprint density at radius 1 is 1.04 bits per heavy atom. The van der Waals surface area contributed by atoms with Crippen molar-refractivity contribution >= 4 is 11.5 Å². The monoisotopic (exact) mass is 323 g/mol. The molecule has 2 aromatic rings. The van der Waals surface area contributed by atoms with E-state index < -0.39 is 0 Å². The second kappa shape index (κ2) is 8.00. The number of unbranched alkanes of at least 4 members (excludes halogenated alkanes) is 1. The van der Waals surface area contributed by atoms with Gasteiger partial charge in [0, 0.05) is 31.1 Å². The van der Waals surface area contributed by atoms with Crippen molar-refractivity contribution in [3.05, 3.63) is 54.6 Å². The van der Waals surface area contributed by atoms with Crippen LogP contribution in [0.5, 0.6) is 11.5 Å². The number of Topliss-reactive ketones (excluding diaryl/α,β-unsaturated/α-hetero) is 1. The summed E-state index contributed by atoms with van der Waals surface area (Å²) in [6.07, 6.45) is 3.96. The van der Waals surface area contributed by atoms with Crippen molar-refractivity contribution < 1.29 is 9.53 Å². The number of carbonyl (C=O) groups is 1.